The largest absolute Gasteiger partial charge is 0.454 e. The minimum atomic E-state index is -0.135. The number of anilines is 3. The van der Waals surface area contributed by atoms with E-state index < -0.39 is 0 Å². The van der Waals surface area contributed by atoms with Crippen molar-refractivity contribution >= 4 is 49.8 Å². The zero-order valence-corrected chi connectivity index (χ0v) is 26.0. The van der Waals surface area contributed by atoms with Crippen molar-refractivity contribution in [2.24, 2.45) is 0 Å². The topological polar surface area (TPSA) is 16.4 Å². The van der Waals surface area contributed by atoms with Gasteiger partial charge in [-0.2, -0.15) is 0 Å². The first-order valence-electron chi connectivity index (χ1n) is 16.6. The number of hydrogen-bond acceptors (Lipinski definition) is 2. The molecule has 2 heteroatoms. The molecule has 6 aromatic carbocycles. The van der Waals surface area contributed by atoms with Gasteiger partial charge in [0.05, 0.1) is 5.69 Å². The maximum atomic E-state index is 6.98. The van der Waals surface area contributed by atoms with Gasteiger partial charge in [-0.15, -0.1) is 0 Å². The van der Waals surface area contributed by atoms with Gasteiger partial charge in [0.15, 0.2) is 5.58 Å². The molecule has 2 nitrogen and oxygen atoms in total. The summed E-state index contributed by atoms with van der Waals surface area (Å²) in [5, 5.41) is 5.05. The Balaban J connectivity index is 1.25. The van der Waals surface area contributed by atoms with Crippen molar-refractivity contribution in [3.63, 3.8) is 0 Å². The summed E-state index contributed by atoms with van der Waals surface area (Å²) in [4.78, 5) is 2.39. The molecule has 0 amide bonds. The van der Waals surface area contributed by atoms with E-state index in [2.05, 4.69) is 140 Å². The van der Waals surface area contributed by atoms with E-state index in [1.54, 1.807) is 0 Å². The molecule has 1 heterocycles. The van der Waals surface area contributed by atoms with Gasteiger partial charge in [-0.3, -0.25) is 0 Å². The van der Waals surface area contributed by atoms with Gasteiger partial charge < -0.3 is 9.32 Å². The van der Waals surface area contributed by atoms with E-state index in [0.717, 1.165) is 28.2 Å². The highest BCUT2D eigenvalue weighted by Gasteiger charge is 2.37. The van der Waals surface area contributed by atoms with Crippen molar-refractivity contribution in [1.82, 2.24) is 0 Å². The summed E-state index contributed by atoms with van der Waals surface area (Å²) in [7, 11) is 0. The number of fused-ring (bicyclic) bond motifs is 8. The number of hydrogen-bond donors (Lipinski definition) is 0. The van der Waals surface area contributed by atoms with Gasteiger partial charge in [0, 0.05) is 27.6 Å². The molecule has 1 saturated carbocycles. The maximum Gasteiger partial charge on any atom is 0.159 e. The highest BCUT2D eigenvalue weighted by atomic mass is 16.3. The predicted molar refractivity (Wildman–Crippen MR) is 189 cm³/mol. The molecule has 7 aromatic rings. The van der Waals surface area contributed by atoms with Crippen LogP contribution in [-0.2, 0) is 5.41 Å². The van der Waals surface area contributed by atoms with Crippen molar-refractivity contribution in [1.29, 1.82) is 0 Å². The van der Waals surface area contributed by atoms with E-state index in [0.29, 0.717) is 5.92 Å². The smallest absolute Gasteiger partial charge is 0.159 e. The lowest BCUT2D eigenvalue weighted by Gasteiger charge is -2.28. The Kier molecular flexibility index (Phi) is 5.97. The molecule has 2 aliphatic rings. The van der Waals surface area contributed by atoms with E-state index in [4.69, 9.17) is 4.42 Å². The Morgan fingerprint density at radius 3 is 2.16 bits per heavy atom. The van der Waals surface area contributed by atoms with Gasteiger partial charge in [-0.25, -0.2) is 0 Å². The van der Waals surface area contributed by atoms with E-state index in [1.807, 2.05) is 0 Å². The minimum Gasteiger partial charge on any atom is -0.454 e. The third-order valence-electron chi connectivity index (χ3n) is 10.6. The molecule has 0 aliphatic heterocycles. The number of nitrogens with zero attached hydrogens (tertiary/aromatic N) is 1. The second-order valence-corrected chi connectivity index (χ2v) is 13.5. The third-order valence-corrected chi connectivity index (χ3v) is 10.6. The monoisotopic (exact) mass is 583 g/mol. The second kappa shape index (κ2) is 10.1. The van der Waals surface area contributed by atoms with Gasteiger partial charge in [0.2, 0.25) is 0 Å². The zero-order valence-electron chi connectivity index (χ0n) is 26.0. The van der Waals surface area contributed by atoms with E-state index >= 15 is 0 Å². The summed E-state index contributed by atoms with van der Waals surface area (Å²) in [5.41, 5.74) is 12.1. The Labute approximate surface area is 264 Å². The summed E-state index contributed by atoms with van der Waals surface area (Å²) >= 11 is 0. The molecule has 0 atom stereocenters. The molecule has 9 rings (SSSR count). The average molecular weight is 584 g/mol. The van der Waals surface area contributed by atoms with Gasteiger partial charge in [-0.05, 0) is 87.7 Å². The van der Waals surface area contributed by atoms with E-state index in [9.17, 15) is 0 Å². The zero-order chi connectivity index (χ0) is 30.1. The molecular weight excluding hydrogens is 546 g/mol. The standard InChI is InChI=1S/C43H37NO/c1-43(2)38-27-31(24-26-34(38)35-25-23-29-15-9-10-18-32(29)40(35)43)44(30-16-7-4-8-17-30)39-22-12-21-37-36-20-11-19-33(41(36)45-42(37)39)28-13-5-3-6-14-28/h4,7-12,15-28H,3,5-6,13-14H2,1-2H3. The number of furan rings is 1. The van der Waals surface area contributed by atoms with Crippen molar-refractivity contribution in [2.45, 2.75) is 57.3 Å². The summed E-state index contributed by atoms with van der Waals surface area (Å²) < 4.78 is 6.98. The summed E-state index contributed by atoms with van der Waals surface area (Å²) in [6.07, 6.45) is 6.47. The average Bonchev–Trinajstić information content (AvgIpc) is 3.59. The Morgan fingerprint density at radius 2 is 1.31 bits per heavy atom. The summed E-state index contributed by atoms with van der Waals surface area (Å²) in [6.45, 7) is 4.76. The third kappa shape index (κ3) is 4.01. The number of rotatable bonds is 4. The van der Waals surface area contributed by atoms with Crippen LogP contribution in [0.25, 0.3) is 43.8 Å². The summed E-state index contributed by atoms with van der Waals surface area (Å²) in [6, 6.07) is 44.6. The fourth-order valence-electron chi connectivity index (χ4n) is 8.47. The molecule has 45 heavy (non-hydrogen) atoms. The predicted octanol–water partition coefficient (Wildman–Crippen LogP) is 12.6. The molecule has 1 aromatic heterocycles. The van der Waals surface area contributed by atoms with Crippen molar-refractivity contribution < 1.29 is 4.42 Å². The van der Waals surface area contributed by atoms with E-state index in [-0.39, 0.29) is 5.41 Å². The highest BCUT2D eigenvalue weighted by molar-refractivity contribution is 6.11. The van der Waals surface area contributed by atoms with Crippen LogP contribution in [0.3, 0.4) is 0 Å². The van der Waals surface area contributed by atoms with Crippen LogP contribution in [0.5, 0.6) is 0 Å². The van der Waals surface area contributed by atoms with Gasteiger partial charge in [-0.1, -0.05) is 124 Å². The Bertz CT molecular complexity index is 2230. The maximum absolute atomic E-state index is 6.98. The minimum absolute atomic E-state index is 0.135. The van der Waals surface area contributed by atoms with E-state index in [1.165, 1.54) is 81.5 Å². The molecule has 0 N–H and O–H groups in total. The quantitative estimate of drug-likeness (QED) is 0.205. The Hall–Kier alpha value is -4.82. The van der Waals surface area contributed by atoms with Crippen LogP contribution in [0.1, 0.15) is 68.6 Å². The number of benzene rings is 6. The molecule has 0 bridgehead atoms. The first kappa shape index (κ1) is 26.6. The molecular formula is C43H37NO. The lowest BCUT2D eigenvalue weighted by Crippen LogP contribution is -2.17. The van der Waals surface area contributed by atoms with Crippen LogP contribution in [0.15, 0.2) is 126 Å². The van der Waals surface area contributed by atoms with Gasteiger partial charge >= 0.3 is 0 Å². The van der Waals surface area contributed by atoms with Crippen LogP contribution in [0.4, 0.5) is 17.1 Å². The molecule has 1 fully saturated rings. The first-order chi connectivity index (χ1) is 22.1. The lowest BCUT2D eigenvalue weighted by atomic mass is 9.80. The van der Waals surface area contributed by atoms with Gasteiger partial charge in [0.25, 0.3) is 0 Å². The first-order valence-corrected chi connectivity index (χ1v) is 16.6. The highest BCUT2D eigenvalue weighted by Crippen LogP contribution is 2.53. The normalized spacial score (nSPS) is 15.9. The second-order valence-electron chi connectivity index (χ2n) is 13.5. The molecule has 0 spiro atoms. The van der Waals surface area contributed by atoms with Crippen LogP contribution in [0.2, 0.25) is 0 Å². The van der Waals surface area contributed by atoms with Crippen LogP contribution >= 0.6 is 0 Å². The van der Waals surface area contributed by atoms with Crippen molar-refractivity contribution in [3.05, 3.63) is 138 Å². The molecule has 0 radical (unpaired) electrons. The lowest BCUT2D eigenvalue weighted by molar-refractivity contribution is 0.442. The molecule has 220 valence electrons. The number of para-hydroxylation sites is 3. The SMILES string of the molecule is CC1(C)c2cc(N(c3ccccc3)c3cccc4c3oc3c(C5CCCCC5)cccc34)ccc2-c2ccc3ccccc3c21. The van der Waals surface area contributed by atoms with Crippen molar-refractivity contribution in [2.75, 3.05) is 4.90 Å². The van der Waals surface area contributed by atoms with Crippen LogP contribution in [0, 0.1) is 0 Å². The Morgan fingerprint density at radius 1 is 0.600 bits per heavy atom. The van der Waals surface area contributed by atoms with Crippen LogP contribution < -0.4 is 4.90 Å². The molecule has 0 saturated heterocycles. The summed E-state index contributed by atoms with van der Waals surface area (Å²) in [5.74, 6) is 0.577. The van der Waals surface area contributed by atoms with Gasteiger partial charge in [0.1, 0.15) is 5.58 Å². The van der Waals surface area contributed by atoms with Crippen molar-refractivity contribution in [3.8, 4) is 11.1 Å². The molecule has 0 unspecified atom stereocenters. The fourth-order valence-corrected chi connectivity index (χ4v) is 8.47. The van der Waals surface area contributed by atoms with Crippen LogP contribution in [-0.4, -0.2) is 0 Å². The molecule has 2 aliphatic carbocycles. The fraction of sp³-hybridized carbons (Fsp3) is 0.209.